The number of unbranched alkanes of at least 4 members (excludes halogenated alkanes) is 2. The van der Waals surface area contributed by atoms with E-state index >= 15 is 0 Å². The van der Waals surface area contributed by atoms with Gasteiger partial charge in [0.05, 0.1) is 12.2 Å². The fraction of sp³-hybridized carbons (Fsp3) is 1.00. The minimum atomic E-state index is 0.407. The van der Waals surface area contributed by atoms with E-state index in [1.54, 1.807) is 0 Å². The zero-order valence-electron chi connectivity index (χ0n) is 11.6. The second-order valence-electron chi connectivity index (χ2n) is 5.37. The quantitative estimate of drug-likeness (QED) is 0.704. The van der Waals surface area contributed by atoms with Crippen molar-refractivity contribution in [1.29, 1.82) is 0 Å². The van der Waals surface area contributed by atoms with Crippen molar-refractivity contribution < 1.29 is 4.74 Å². The van der Waals surface area contributed by atoms with Gasteiger partial charge in [-0.25, -0.2) is 0 Å². The molecule has 1 N–H and O–H groups in total. The minimum absolute atomic E-state index is 0.407. The van der Waals surface area contributed by atoms with Gasteiger partial charge in [-0.15, -0.1) is 0 Å². The Balaban J connectivity index is 2.51. The molecule has 0 amide bonds. The smallest absolute Gasteiger partial charge is 0.0597 e. The van der Waals surface area contributed by atoms with Crippen molar-refractivity contribution in [2.24, 2.45) is 11.8 Å². The molecule has 1 saturated heterocycles. The Kier molecular flexibility index (Phi) is 5.77. The van der Waals surface area contributed by atoms with Crippen LogP contribution in [-0.2, 0) is 4.74 Å². The Morgan fingerprint density at radius 2 is 1.81 bits per heavy atom. The maximum Gasteiger partial charge on any atom is 0.0597 e. The zero-order valence-corrected chi connectivity index (χ0v) is 11.6. The predicted molar refractivity (Wildman–Crippen MR) is 69.7 cm³/mol. The summed E-state index contributed by atoms with van der Waals surface area (Å²) in [5, 5.41) is 3.50. The van der Waals surface area contributed by atoms with Gasteiger partial charge in [0.1, 0.15) is 0 Å². The lowest BCUT2D eigenvalue weighted by Gasteiger charge is -2.28. The normalized spacial score (nSPS) is 36.6. The molecule has 0 aliphatic carbocycles. The highest BCUT2D eigenvalue weighted by Gasteiger charge is 2.40. The summed E-state index contributed by atoms with van der Waals surface area (Å²) in [6.07, 6.45) is 6.11. The standard InChI is InChI=1S/C14H29NO/c1-6-7-8-9-13(15-5)14-10(2)11(3)16-12(14)4/h10-15H,6-9H2,1-5H3. The van der Waals surface area contributed by atoms with Crippen molar-refractivity contribution in [3.05, 3.63) is 0 Å². The second-order valence-corrected chi connectivity index (χ2v) is 5.37. The molecule has 16 heavy (non-hydrogen) atoms. The Morgan fingerprint density at radius 3 is 2.25 bits per heavy atom. The van der Waals surface area contributed by atoms with E-state index in [0.29, 0.717) is 30.1 Å². The van der Waals surface area contributed by atoms with Crippen LogP contribution in [0.25, 0.3) is 0 Å². The number of hydrogen-bond acceptors (Lipinski definition) is 2. The molecule has 1 fully saturated rings. The maximum atomic E-state index is 5.94. The first-order valence-electron chi connectivity index (χ1n) is 6.94. The Morgan fingerprint density at radius 1 is 1.12 bits per heavy atom. The van der Waals surface area contributed by atoms with Gasteiger partial charge in [-0.1, -0.05) is 33.1 Å². The molecule has 0 aromatic rings. The molecule has 0 radical (unpaired) electrons. The van der Waals surface area contributed by atoms with E-state index in [4.69, 9.17) is 4.74 Å². The van der Waals surface area contributed by atoms with Crippen molar-refractivity contribution in [2.45, 2.75) is 71.6 Å². The van der Waals surface area contributed by atoms with Gasteiger partial charge in [-0.05, 0) is 33.2 Å². The van der Waals surface area contributed by atoms with Crippen LogP contribution >= 0.6 is 0 Å². The van der Waals surface area contributed by atoms with Gasteiger partial charge in [-0.2, -0.15) is 0 Å². The molecule has 1 aliphatic rings. The Labute approximate surface area is 101 Å². The first-order valence-corrected chi connectivity index (χ1v) is 6.94. The topological polar surface area (TPSA) is 21.3 Å². The van der Waals surface area contributed by atoms with Crippen LogP contribution < -0.4 is 5.32 Å². The van der Waals surface area contributed by atoms with Crippen LogP contribution in [0.3, 0.4) is 0 Å². The molecule has 96 valence electrons. The van der Waals surface area contributed by atoms with Crippen molar-refractivity contribution in [3.63, 3.8) is 0 Å². The number of ether oxygens (including phenoxy) is 1. The first kappa shape index (κ1) is 14.0. The lowest BCUT2D eigenvalue weighted by atomic mass is 9.81. The summed E-state index contributed by atoms with van der Waals surface area (Å²) in [5.74, 6) is 1.35. The third-order valence-electron chi connectivity index (χ3n) is 4.27. The monoisotopic (exact) mass is 227 g/mol. The second kappa shape index (κ2) is 6.61. The zero-order chi connectivity index (χ0) is 12.1. The van der Waals surface area contributed by atoms with Crippen LogP contribution in [0, 0.1) is 11.8 Å². The molecule has 1 rings (SSSR count). The van der Waals surface area contributed by atoms with Crippen molar-refractivity contribution in [1.82, 2.24) is 5.32 Å². The van der Waals surface area contributed by atoms with E-state index in [2.05, 4.69) is 40.1 Å². The molecule has 2 nitrogen and oxygen atoms in total. The lowest BCUT2D eigenvalue weighted by Crippen LogP contribution is -2.40. The van der Waals surface area contributed by atoms with Gasteiger partial charge in [0.15, 0.2) is 0 Å². The number of nitrogens with one attached hydrogen (secondary N) is 1. The van der Waals surface area contributed by atoms with E-state index in [0.717, 1.165) is 0 Å². The summed E-state index contributed by atoms with van der Waals surface area (Å²) in [6.45, 7) is 9.04. The number of rotatable bonds is 6. The van der Waals surface area contributed by atoms with Gasteiger partial charge in [0, 0.05) is 12.0 Å². The fourth-order valence-electron chi connectivity index (χ4n) is 3.13. The molecular formula is C14H29NO. The van der Waals surface area contributed by atoms with E-state index < -0.39 is 0 Å². The maximum absolute atomic E-state index is 5.94. The average Bonchev–Trinajstić information content (AvgIpc) is 2.50. The Hall–Kier alpha value is -0.0800. The van der Waals surface area contributed by atoms with Crippen LogP contribution in [0.15, 0.2) is 0 Å². The summed E-state index contributed by atoms with van der Waals surface area (Å²) in [7, 11) is 2.10. The molecule has 0 spiro atoms. The number of hydrogen-bond donors (Lipinski definition) is 1. The molecule has 1 heterocycles. The summed E-state index contributed by atoms with van der Waals surface area (Å²) in [5.41, 5.74) is 0. The van der Waals surface area contributed by atoms with Gasteiger partial charge >= 0.3 is 0 Å². The van der Waals surface area contributed by atoms with E-state index in [9.17, 15) is 0 Å². The highest BCUT2D eigenvalue weighted by Crippen LogP contribution is 2.35. The van der Waals surface area contributed by atoms with E-state index in [1.807, 2.05) is 0 Å². The third kappa shape index (κ3) is 3.21. The van der Waals surface area contributed by atoms with Gasteiger partial charge in [0.2, 0.25) is 0 Å². The molecule has 2 heteroatoms. The van der Waals surface area contributed by atoms with Crippen molar-refractivity contribution in [2.75, 3.05) is 7.05 Å². The van der Waals surface area contributed by atoms with Crippen LogP contribution in [0.2, 0.25) is 0 Å². The van der Waals surface area contributed by atoms with Gasteiger partial charge in [-0.3, -0.25) is 0 Å². The molecule has 1 aliphatic heterocycles. The largest absolute Gasteiger partial charge is 0.375 e. The van der Waals surface area contributed by atoms with Gasteiger partial charge in [0.25, 0.3) is 0 Å². The summed E-state index contributed by atoms with van der Waals surface area (Å²) >= 11 is 0. The summed E-state index contributed by atoms with van der Waals surface area (Å²) in [6, 6.07) is 0.626. The summed E-state index contributed by atoms with van der Waals surface area (Å²) in [4.78, 5) is 0. The Bertz CT molecular complexity index is 195. The minimum Gasteiger partial charge on any atom is -0.375 e. The molecule has 0 saturated carbocycles. The van der Waals surface area contributed by atoms with Crippen LogP contribution in [0.4, 0.5) is 0 Å². The highest BCUT2D eigenvalue weighted by molar-refractivity contribution is 4.91. The van der Waals surface area contributed by atoms with Gasteiger partial charge < -0.3 is 10.1 Å². The third-order valence-corrected chi connectivity index (χ3v) is 4.27. The highest BCUT2D eigenvalue weighted by atomic mass is 16.5. The lowest BCUT2D eigenvalue weighted by molar-refractivity contribution is 0.0474. The molecule has 0 aromatic heterocycles. The summed E-state index contributed by atoms with van der Waals surface area (Å²) < 4.78 is 5.94. The molecule has 5 unspecified atom stereocenters. The van der Waals surface area contributed by atoms with E-state index in [-0.39, 0.29) is 0 Å². The van der Waals surface area contributed by atoms with Crippen molar-refractivity contribution in [3.8, 4) is 0 Å². The fourth-order valence-corrected chi connectivity index (χ4v) is 3.13. The van der Waals surface area contributed by atoms with E-state index in [1.165, 1.54) is 25.7 Å². The molecule has 0 aromatic carbocycles. The first-order chi connectivity index (χ1) is 7.61. The SMILES string of the molecule is CCCCCC(NC)C1C(C)OC(C)C1C. The predicted octanol–water partition coefficient (Wildman–Crippen LogP) is 3.21. The van der Waals surface area contributed by atoms with Crippen LogP contribution in [-0.4, -0.2) is 25.3 Å². The molecular weight excluding hydrogens is 198 g/mol. The van der Waals surface area contributed by atoms with Crippen LogP contribution in [0.5, 0.6) is 0 Å². The van der Waals surface area contributed by atoms with Crippen molar-refractivity contribution >= 4 is 0 Å². The molecule has 5 atom stereocenters. The van der Waals surface area contributed by atoms with Crippen LogP contribution in [0.1, 0.15) is 53.4 Å². The molecule has 0 bridgehead atoms. The average molecular weight is 227 g/mol.